The number of nitrogens with one attached hydrogen (secondary N) is 1. The minimum absolute atomic E-state index is 0.125. The second-order valence-electron chi connectivity index (χ2n) is 5.14. The lowest BCUT2D eigenvalue weighted by Gasteiger charge is -2.13. The van der Waals surface area contributed by atoms with E-state index in [-0.39, 0.29) is 18.3 Å². The Hall–Kier alpha value is -2.00. The van der Waals surface area contributed by atoms with Crippen LogP contribution in [0.3, 0.4) is 0 Å². The van der Waals surface area contributed by atoms with E-state index in [0.717, 1.165) is 5.82 Å². The fourth-order valence-electron chi connectivity index (χ4n) is 2.52. The molecule has 2 atom stereocenters. The van der Waals surface area contributed by atoms with E-state index in [2.05, 4.69) is 20.3 Å². The standard InChI is InChI=1S/C12H17N6O4P/c1-14-10-9-11(17-12(13)16-10)18(6-15-9)8-3-2-7(22-8)4-5-23(19,20)21/h4-8H,2-3H2,1H3,(H2,19,20,21)(H3,13,14,16,17)/b5-4+. The van der Waals surface area contributed by atoms with Crippen LogP contribution >= 0.6 is 7.60 Å². The average molecular weight is 340 g/mol. The molecule has 1 aliphatic heterocycles. The number of nitrogens with zero attached hydrogens (tertiary/aromatic N) is 4. The van der Waals surface area contributed by atoms with Crippen molar-refractivity contribution in [2.24, 2.45) is 0 Å². The number of rotatable bonds is 4. The van der Waals surface area contributed by atoms with E-state index in [1.807, 2.05) is 0 Å². The van der Waals surface area contributed by atoms with Crippen LogP contribution in [0, 0.1) is 0 Å². The summed E-state index contributed by atoms with van der Waals surface area (Å²) >= 11 is 0. The van der Waals surface area contributed by atoms with Gasteiger partial charge in [0.15, 0.2) is 17.0 Å². The molecule has 0 aliphatic carbocycles. The molecule has 2 aromatic rings. The van der Waals surface area contributed by atoms with Gasteiger partial charge in [-0.15, -0.1) is 0 Å². The van der Waals surface area contributed by atoms with Crippen molar-refractivity contribution in [2.45, 2.75) is 25.2 Å². The van der Waals surface area contributed by atoms with Crippen LogP contribution in [0.1, 0.15) is 19.1 Å². The number of ether oxygens (including phenoxy) is 1. The van der Waals surface area contributed by atoms with Gasteiger partial charge in [-0.05, 0) is 18.9 Å². The third kappa shape index (κ3) is 3.35. The smallest absolute Gasteiger partial charge is 0.348 e. The van der Waals surface area contributed by atoms with Gasteiger partial charge in [0.2, 0.25) is 5.95 Å². The highest BCUT2D eigenvalue weighted by molar-refractivity contribution is 7.55. The maximum Gasteiger partial charge on any atom is 0.348 e. The normalized spacial score (nSPS) is 22.2. The van der Waals surface area contributed by atoms with Crippen molar-refractivity contribution in [3.05, 3.63) is 18.2 Å². The van der Waals surface area contributed by atoms with Crippen LogP contribution in [0.5, 0.6) is 0 Å². The van der Waals surface area contributed by atoms with E-state index in [0.29, 0.717) is 29.8 Å². The highest BCUT2D eigenvalue weighted by Gasteiger charge is 2.27. The van der Waals surface area contributed by atoms with Crippen molar-refractivity contribution in [3.63, 3.8) is 0 Å². The largest absolute Gasteiger partial charge is 0.371 e. The number of hydrogen-bond donors (Lipinski definition) is 4. The molecule has 0 amide bonds. The van der Waals surface area contributed by atoms with Gasteiger partial charge >= 0.3 is 7.60 Å². The number of anilines is 2. The molecule has 11 heteroatoms. The van der Waals surface area contributed by atoms with Gasteiger partial charge < -0.3 is 25.6 Å². The fraction of sp³-hybridized carbons (Fsp3) is 0.417. The van der Waals surface area contributed by atoms with E-state index in [1.54, 1.807) is 17.9 Å². The first kappa shape index (κ1) is 15.9. The van der Waals surface area contributed by atoms with Gasteiger partial charge in [0.25, 0.3) is 0 Å². The molecule has 1 saturated heterocycles. The zero-order valence-corrected chi connectivity index (χ0v) is 13.2. The SMILES string of the molecule is CNc1nc(N)nc2c1ncn2C1CCC(/C=C/P(=O)(O)O)O1. The monoisotopic (exact) mass is 340 g/mol. The van der Waals surface area contributed by atoms with Crippen molar-refractivity contribution in [3.8, 4) is 0 Å². The lowest BCUT2D eigenvalue weighted by atomic mass is 10.2. The van der Waals surface area contributed by atoms with Gasteiger partial charge in [0, 0.05) is 12.9 Å². The van der Waals surface area contributed by atoms with Crippen molar-refractivity contribution in [2.75, 3.05) is 18.1 Å². The lowest BCUT2D eigenvalue weighted by molar-refractivity contribution is 0.0259. The van der Waals surface area contributed by atoms with Gasteiger partial charge in [0.1, 0.15) is 6.23 Å². The Balaban J connectivity index is 1.86. The molecule has 5 N–H and O–H groups in total. The highest BCUT2D eigenvalue weighted by Crippen LogP contribution is 2.38. The summed E-state index contributed by atoms with van der Waals surface area (Å²) in [6.07, 6.45) is 3.60. The molecule has 2 aromatic heterocycles. The van der Waals surface area contributed by atoms with Crippen LogP contribution in [0.4, 0.5) is 11.8 Å². The fourth-order valence-corrected chi connectivity index (χ4v) is 2.93. The number of fused-ring (bicyclic) bond motifs is 1. The van der Waals surface area contributed by atoms with E-state index < -0.39 is 7.60 Å². The Bertz CT molecular complexity index is 800. The van der Waals surface area contributed by atoms with Crippen molar-refractivity contribution in [1.29, 1.82) is 0 Å². The van der Waals surface area contributed by atoms with E-state index in [9.17, 15) is 4.57 Å². The number of imidazole rings is 1. The van der Waals surface area contributed by atoms with Crippen LogP contribution in [-0.2, 0) is 9.30 Å². The minimum atomic E-state index is -4.18. The summed E-state index contributed by atoms with van der Waals surface area (Å²) < 4.78 is 18.4. The summed E-state index contributed by atoms with van der Waals surface area (Å²) in [6, 6.07) is 0. The van der Waals surface area contributed by atoms with Crippen LogP contribution in [0.2, 0.25) is 0 Å². The molecule has 3 heterocycles. The van der Waals surface area contributed by atoms with Gasteiger partial charge in [-0.3, -0.25) is 9.13 Å². The molecule has 0 saturated carbocycles. The molecule has 0 bridgehead atoms. The molecule has 2 unspecified atom stereocenters. The van der Waals surface area contributed by atoms with Gasteiger partial charge in [-0.25, -0.2) is 4.98 Å². The van der Waals surface area contributed by atoms with Gasteiger partial charge in [-0.1, -0.05) is 0 Å². The Morgan fingerprint density at radius 1 is 1.48 bits per heavy atom. The highest BCUT2D eigenvalue weighted by atomic mass is 31.2. The third-order valence-corrected chi connectivity index (χ3v) is 4.07. The van der Waals surface area contributed by atoms with Crippen LogP contribution in [0.25, 0.3) is 11.2 Å². The quantitative estimate of drug-likeness (QED) is 0.593. The Morgan fingerprint density at radius 3 is 2.96 bits per heavy atom. The Morgan fingerprint density at radius 2 is 2.26 bits per heavy atom. The van der Waals surface area contributed by atoms with E-state index in [4.69, 9.17) is 20.3 Å². The predicted molar refractivity (Wildman–Crippen MR) is 83.6 cm³/mol. The first-order valence-electron chi connectivity index (χ1n) is 6.95. The molecule has 3 rings (SSSR count). The molecule has 1 fully saturated rings. The van der Waals surface area contributed by atoms with Gasteiger partial charge in [-0.2, -0.15) is 9.97 Å². The average Bonchev–Trinajstić information content (AvgIpc) is 3.09. The van der Waals surface area contributed by atoms with Crippen molar-refractivity contribution in [1.82, 2.24) is 19.5 Å². The van der Waals surface area contributed by atoms with Crippen LogP contribution in [-0.4, -0.2) is 42.5 Å². The molecule has 10 nitrogen and oxygen atoms in total. The van der Waals surface area contributed by atoms with Crippen molar-refractivity contribution >= 4 is 30.5 Å². The van der Waals surface area contributed by atoms with Crippen LogP contribution in [0.15, 0.2) is 18.2 Å². The van der Waals surface area contributed by atoms with E-state index >= 15 is 0 Å². The second-order valence-corrected chi connectivity index (χ2v) is 6.62. The zero-order chi connectivity index (χ0) is 16.6. The summed E-state index contributed by atoms with van der Waals surface area (Å²) in [4.78, 5) is 30.3. The summed E-state index contributed by atoms with van der Waals surface area (Å²) in [7, 11) is -2.46. The summed E-state index contributed by atoms with van der Waals surface area (Å²) in [6.45, 7) is 0. The summed E-state index contributed by atoms with van der Waals surface area (Å²) in [5.74, 6) is 1.52. The first-order chi connectivity index (χ1) is 10.9. The molecule has 0 spiro atoms. The minimum Gasteiger partial charge on any atom is -0.371 e. The second kappa shape index (κ2) is 5.89. The summed E-state index contributed by atoms with van der Waals surface area (Å²) in [5, 5.41) is 2.91. The maximum absolute atomic E-state index is 10.9. The number of hydrogen-bond acceptors (Lipinski definition) is 7. The Kier molecular flexibility index (Phi) is 4.07. The van der Waals surface area contributed by atoms with Crippen LogP contribution < -0.4 is 11.1 Å². The molecule has 1 aliphatic rings. The molecule has 0 aromatic carbocycles. The molecular formula is C12H17N6O4P. The molecule has 23 heavy (non-hydrogen) atoms. The van der Waals surface area contributed by atoms with Gasteiger partial charge in [0.05, 0.1) is 12.4 Å². The third-order valence-electron chi connectivity index (χ3n) is 3.51. The van der Waals surface area contributed by atoms with E-state index in [1.165, 1.54) is 6.08 Å². The van der Waals surface area contributed by atoms with Crippen molar-refractivity contribution < 1.29 is 19.1 Å². The maximum atomic E-state index is 10.9. The zero-order valence-electron chi connectivity index (χ0n) is 12.3. The lowest BCUT2D eigenvalue weighted by Crippen LogP contribution is -2.10. The predicted octanol–water partition coefficient (Wildman–Crippen LogP) is 0.819. The topological polar surface area (TPSA) is 148 Å². The molecular weight excluding hydrogens is 323 g/mol. The summed E-state index contributed by atoms with van der Waals surface area (Å²) in [5.41, 5.74) is 6.84. The first-order valence-corrected chi connectivity index (χ1v) is 8.63. The molecule has 124 valence electrons. The molecule has 0 radical (unpaired) electrons. The Labute approximate surface area is 131 Å². The number of nitrogens with two attached hydrogens (primary N) is 1. The number of aromatic nitrogens is 4. The number of nitrogen functional groups attached to an aromatic ring is 1.